The third-order valence-electron chi connectivity index (χ3n) is 3.78. The van der Waals surface area contributed by atoms with E-state index in [9.17, 15) is 4.39 Å². The number of halogens is 1. The van der Waals surface area contributed by atoms with Gasteiger partial charge >= 0.3 is 0 Å². The Morgan fingerprint density at radius 3 is 2.53 bits per heavy atom. The molecule has 1 aliphatic rings. The highest BCUT2D eigenvalue weighted by Crippen LogP contribution is 2.34. The van der Waals surface area contributed by atoms with Crippen molar-refractivity contribution < 1.29 is 4.39 Å². The molecule has 2 unspecified atom stereocenters. The van der Waals surface area contributed by atoms with Crippen LogP contribution < -0.4 is 5.73 Å². The van der Waals surface area contributed by atoms with Crippen LogP contribution in [0.3, 0.4) is 0 Å². The molecule has 2 atom stereocenters. The van der Waals surface area contributed by atoms with Crippen molar-refractivity contribution in [3.63, 3.8) is 0 Å². The number of nitrogens with two attached hydrogens (primary N) is 1. The van der Waals surface area contributed by atoms with Crippen LogP contribution in [0.5, 0.6) is 0 Å². The van der Waals surface area contributed by atoms with E-state index in [0.29, 0.717) is 19.3 Å². The van der Waals surface area contributed by atoms with Crippen molar-refractivity contribution in [3.05, 3.63) is 35.4 Å². The van der Waals surface area contributed by atoms with Gasteiger partial charge in [-0.15, -0.1) is 0 Å². The van der Waals surface area contributed by atoms with Crippen molar-refractivity contribution in [1.82, 2.24) is 0 Å². The lowest BCUT2D eigenvalue weighted by Crippen LogP contribution is -2.39. The molecule has 1 aliphatic carbocycles. The molecule has 0 bridgehead atoms. The maximum absolute atomic E-state index is 14.6. The zero-order chi connectivity index (χ0) is 12.3. The summed E-state index contributed by atoms with van der Waals surface area (Å²) >= 11 is 0. The van der Waals surface area contributed by atoms with Crippen LogP contribution in [0, 0.1) is 0 Å². The number of benzene rings is 1. The van der Waals surface area contributed by atoms with Crippen LogP contribution in [0.4, 0.5) is 4.39 Å². The molecule has 0 aliphatic heterocycles. The van der Waals surface area contributed by atoms with Gasteiger partial charge in [-0.05, 0) is 43.2 Å². The van der Waals surface area contributed by atoms with Crippen LogP contribution in [0.1, 0.15) is 43.7 Å². The molecule has 17 heavy (non-hydrogen) atoms. The van der Waals surface area contributed by atoms with Gasteiger partial charge in [-0.2, -0.15) is 0 Å². The number of alkyl halides is 1. The fourth-order valence-electron chi connectivity index (χ4n) is 2.77. The van der Waals surface area contributed by atoms with Crippen LogP contribution in [0.15, 0.2) is 24.3 Å². The Labute approximate surface area is 103 Å². The smallest absolute Gasteiger partial charge is 0.116 e. The van der Waals surface area contributed by atoms with Crippen LogP contribution in [-0.2, 0) is 12.8 Å². The molecule has 1 saturated carbocycles. The normalized spacial score (nSPS) is 29.2. The summed E-state index contributed by atoms with van der Waals surface area (Å²) in [5.41, 5.74) is 7.20. The second-order valence-electron chi connectivity index (χ2n) is 5.35. The van der Waals surface area contributed by atoms with E-state index < -0.39 is 5.67 Å². The molecule has 94 valence electrons. The Morgan fingerprint density at radius 1 is 1.29 bits per heavy atom. The molecule has 1 nitrogen and oxygen atoms in total. The Morgan fingerprint density at radius 2 is 1.94 bits per heavy atom. The average Bonchev–Trinajstić information content (AvgIpc) is 2.29. The summed E-state index contributed by atoms with van der Waals surface area (Å²) in [6.07, 6.45) is 4.63. The van der Waals surface area contributed by atoms with Crippen molar-refractivity contribution >= 4 is 0 Å². The van der Waals surface area contributed by atoms with E-state index in [-0.39, 0.29) is 6.04 Å². The topological polar surface area (TPSA) is 26.0 Å². The first-order valence-corrected chi connectivity index (χ1v) is 6.64. The van der Waals surface area contributed by atoms with Gasteiger partial charge in [0.05, 0.1) is 0 Å². The highest BCUT2D eigenvalue weighted by molar-refractivity contribution is 5.24. The standard InChI is InChI=1S/C15H22FN/c1-2-12-5-7-13(8-6-12)10-15(16)9-3-4-14(17)11-15/h5-8,14H,2-4,9-11,17H2,1H3. The van der Waals surface area contributed by atoms with Crippen molar-refractivity contribution in [3.8, 4) is 0 Å². The van der Waals surface area contributed by atoms with E-state index in [1.54, 1.807) is 0 Å². The quantitative estimate of drug-likeness (QED) is 0.853. The lowest BCUT2D eigenvalue weighted by Gasteiger charge is -2.33. The first-order valence-electron chi connectivity index (χ1n) is 6.64. The maximum atomic E-state index is 14.6. The zero-order valence-electron chi connectivity index (χ0n) is 10.6. The Hall–Kier alpha value is -0.890. The third-order valence-corrected chi connectivity index (χ3v) is 3.78. The molecule has 0 spiro atoms. The van der Waals surface area contributed by atoms with E-state index >= 15 is 0 Å². The predicted molar refractivity (Wildman–Crippen MR) is 69.8 cm³/mol. The average molecular weight is 235 g/mol. The van der Waals surface area contributed by atoms with Gasteiger partial charge in [-0.25, -0.2) is 4.39 Å². The second kappa shape index (κ2) is 5.18. The van der Waals surface area contributed by atoms with Gasteiger partial charge in [0.25, 0.3) is 0 Å². The van der Waals surface area contributed by atoms with E-state index in [0.717, 1.165) is 24.8 Å². The molecule has 0 aromatic heterocycles. The fraction of sp³-hybridized carbons (Fsp3) is 0.600. The van der Waals surface area contributed by atoms with Gasteiger partial charge in [0.15, 0.2) is 0 Å². The molecule has 0 amide bonds. The molecule has 2 N–H and O–H groups in total. The number of hydrogen-bond donors (Lipinski definition) is 1. The van der Waals surface area contributed by atoms with Gasteiger partial charge in [0.2, 0.25) is 0 Å². The first kappa shape index (κ1) is 12.6. The summed E-state index contributed by atoms with van der Waals surface area (Å²) in [7, 11) is 0. The van der Waals surface area contributed by atoms with Crippen molar-refractivity contribution in [2.45, 2.75) is 57.2 Å². The maximum Gasteiger partial charge on any atom is 0.116 e. The van der Waals surface area contributed by atoms with Gasteiger partial charge in [0, 0.05) is 12.5 Å². The summed E-state index contributed by atoms with van der Waals surface area (Å²) in [5, 5.41) is 0. The number of aryl methyl sites for hydroxylation is 1. The second-order valence-corrected chi connectivity index (χ2v) is 5.35. The van der Waals surface area contributed by atoms with E-state index in [1.165, 1.54) is 5.56 Å². The fourth-order valence-corrected chi connectivity index (χ4v) is 2.77. The molecule has 0 saturated heterocycles. The van der Waals surface area contributed by atoms with Gasteiger partial charge in [-0.1, -0.05) is 31.2 Å². The molecule has 0 radical (unpaired) electrons. The van der Waals surface area contributed by atoms with E-state index in [2.05, 4.69) is 31.2 Å². The summed E-state index contributed by atoms with van der Waals surface area (Å²) < 4.78 is 14.6. The Balaban J connectivity index is 2.03. The molecule has 1 aromatic carbocycles. The number of rotatable bonds is 3. The highest BCUT2D eigenvalue weighted by atomic mass is 19.1. The molecule has 2 rings (SSSR count). The minimum absolute atomic E-state index is 0.0451. The van der Waals surface area contributed by atoms with Crippen LogP contribution in [0.2, 0.25) is 0 Å². The molecular formula is C15H22FN. The number of hydrogen-bond acceptors (Lipinski definition) is 1. The molecule has 2 heteroatoms. The Kier molecular flexibility index (Phi) is 3.82. The lowest BCUT2D eigenvalue weighted by molar-refractivity contribution is 0.0965. The largest absolute Gasteiger partial charge is 0.328 e. The first-order chi connectivity index (χ1) is 8.11. The van der Waals surface area contributed by atoms with Crippen LogP contribution in [0.25, 0.3) is 0 Å². The summed E-state index contributed by atoms with van der Waals surface area (Å²) in [5.74, 6) is 0. The van der Waals surface area contributed by atoms with Gasteiger partial charge in [-0.3, -0.25) is 0 Å². The summed E-state index contributed by atoms with van der Waals surface area (Å²) in [6.45, 7) is 2.13. The van der Waals surface area contributed by atoms with Crippen LogP contribution >= 0.6 is 0 Å². The molecular weight excluding hydrogens is 213 g/mol. The Bertz CT molecular complexity index is 360. The summed E-state index contributed by atoms with van der Waals surface area (Å²) in [4.78, 5) is 0. The molecule has 1 fully saturated rings. The van der Waals surface area contributed by atoms with Gasteiger partial charge in [0.1, 0.15) is 5.67 Å². The zero-order valence-corrected chi connectivity index (χ0v) is 10.6. The lowest BCUT2D eigenvalue weighted by atomic mass is 9.80. The van der Waals surface area contributed by atoms with E-state index in [4.69, 9.17) is 5.73 Å². The SMILES string of the molecule is CCc1ccc(CC2(F)CCCC(N)C2)cc1. The van der Waals surface area contributed by atoms with Crippen molar-refractivity contribution in [1.29, 1.82) is 0 Å². The minimum Gasteiger partial charge on any atom is -0.328 e. The van der Waals surface area contributed by atoms with Crippen molar-refractivity contribution in [2.24, 2.45) is 5.73 Å². The van der Waals surface area contributed by atoms with Crippen molar-refractivity contribution in [2.75, 3.05) is 0 Å². The third kappa shape index (κ3) is 3.29. The van der Waals surface area contributed by atoms with Crippen LogP contribution in [-0.4, -0.2) is 11.7 Å². The highest BCUT2D eigenvalue weighted by Gasteiger charge is 2.35. The van der Waals surface area contributed by atoms with Gasteiger partial charge < -0.3 is 5.73 Å². The van der Waals surface area contributed by atoms with E-state index in [1.807, 2.05) is 0 Å². The summed E-state index contributed by atoms with van der Waals surface area (Å²) in [6, 6.07) is 8.35. The minimum atomic E-state index is -1.08. The predicted octanol–water partition coefficient (Wildman–Crippen LogP) is 3.40. The molecule has 1 aromatic rings. The molecule has 0 heterocycles. The monoisotopic (exact) mass is 235 g/mol.